The molecule has 1 N–H and O–H groups in total. The van der Waals surface area contributed by atoms with E-state index in [-0.39, 0.29) is 5.82 Å². The number of halogens is 1. The van der Waals surface area contributed by atoms with Crippen molar-refractivity contribution in [3.63, 3.8) is 0 Å². The Labute approximate surface area is 86.3 Å². The van der Waals surface area contributed by atoms with Crippen LogP contribution in [-0.4, -0.2) is 22.8 Å². The molecule has 0 bridgehead atoms. The number of benzene rings is 1. The van der Waals surface area contributed by atoms with Gasteiger partial charge in [-0.15, -0.1) is 0 Å². The van der Waals surface area contributed by atoms with E-state index >= 15 is 0 Å². The number of nitrogens with zero attached hydrogens (tertiary/aromatic N) is 1. The van der Waals surface area contributed by atoms with E-state index in [1.54, 1.807) is 12.1 Å². The molecule has 3 nitrogen and oxygen atoms in total. The third kappa shape index (κ3) is 2.03. The first-order chi connectivity index (χ1) is 7.16. The first-order valence-electron chi connectivity index (χ1n) is 4.72. The van der Waals surface area contributed by atoms with Gasteiger partial charge >= 0.3 is 5.97 Å². The van der Waals surface area contributed by atoms with Gasteiger partial charge < -0.3 is 5.11 Å². The molecule has 1 aromatic rings. The van der Waals surface area contributed by atoms with E-state index in [2.05, 4.69) is 4.99 Å². The van der Waals surface area contributed by atoms with Crippen LogP contribution in [0.5, 0.6) is 0 Å². The zero-order chi connectivity index (χ0) is 10.8. The second kappa shape index (κ2) is 3.81. The number of rotatable bonds is 2. The molecule has 1 aromatic carbocycles. The van der Waals surface area contributed by atoms with Gasteiger partial charge in [0.2, 0.25) is 0 Å². The third-order valence-electron chi connectivity index (χ3n) is 2.43. The number of carboxylic acid groups (broad SMARTS) is 1. The molecule has 1 aliphatic heterocycles. The standard InChI is InChI=1S/C11H10FNO2/c12-8-3-1-7(2-4-8)9-5-6-10(13-9)11(14)15/h1-4,10H,5-6H2,(H,14,15). The molecule has 15 heavy (non-hydrogen) atoms. The van der Waals surface area contributed by atoms with Crippen LogP contribution in [0.2, 0.25) is 0 Å². The molecule has 0 fully saturated rings. The number of carbonyl (C=O) groups is 1. The van der Waals surface area contributed by atoms with E-state index < -0.39 is 12.0 Å². The van der Waals surface area contributed by atoms with E-state index in [0.717, 1.165) is 11.3 Å². The van der Waals surface area contributed by atoms with Crippen molar-refractivity contribution < 1.29 is 14.3 Å². The zero-order valence-corrected chi connectivity index (χ0v) is 7.98. The van der Waals surface area contributed by atoms with Gasteiger partial charge in [-0.3, -0.25) is 4.99 Å². The van der Waals surface area contributed by atoms with Crippen molar-refractivity contribution in [3.05, 3.63) is 35.6 Å². The van der Waals surface area contributed by atoms with E-state index in [4.69, 9.17) is 5.11 Å². The van der Waals surface area contributed by atoms with Crippen molar-refractivity contribution in [3.8, 4) is 0 Å². The van der Waals surface area contributed by atoms with E-state index in [9.17, 15) is 9.18 Å². The van der Waals surface area contributed by atoms with Gasteiger partial charge in [0.25, 0.3) is 0 Å². The molecule has 0 saturated heterocycles. The molecule has 78 valence electrons. The molecule has 1 atom stereocenters. The molecule has 0 radical (unpaired) electrons. The fourth-order valence-corrected chi connectivity index (χ4v) is 1.63. The number of hydrogen-bond donors (Lipinski definition) is 1. The summed E-state index contributed by atoms with van der Waals surface area (Å²) in [4.78, 5) is 14.7. The number of carboxylic acids is 1. The Morgan fingerprint density at radius 3 is 2.60 bits per heavy atom. The maximum absolute atomic E-state index is 12.6. The summed E-state index contributed by atoms with van der Waals surface area (Å²) in [6, 6.07) is 5.32. The van der Waals surface area contributed by atoms with Crippen LogP contribution >= 0.6 is 0 Å². The van der Waals surface area contributed by atoms with Crippen LogP contribution in [0, 0.1) is 5.82 Å². The lowest BCUT2D eigenvalue weighted by molar-refractivity contribution is -0.138. The molecule has 1 heterocycles. The second-order valence-corrected chi connectivity index (χ2v) is 3.48. The van der Waals surface area contributed by atoms with E-state index in [0.29, 0.717) is 12.8 Å². The Kier molecular flexibility index (Phi) is 2.49. The lowest BCUT2D eigenvalue weighted by Gasteiger charge is -1.98. The highest BCUT2D eigenvalue weighted by Gasteiger charge is 2.24. The Bertz CT molecular complexity index is 411. The molecule has 0 saturated carbocycles. The largest absolute Gasteiger partial charge is 0.480 e. The van der Waals surface area contributed by atoms with E-state index in [1.807, 2.05) is 0 Å². The first kappa shape index (κ1) is 9.83. The maximum atomic E-state index is 12.6. The highest BCUT2D eigenvalue weighted by atomic mass is 19.1. The van der Waals surface area contributed by atoms with Crippen molar-refractivity contribution in [2.24, 2.45) is 4.99 Å². The number of aliphatic carboxylic acids is 1. The first-order valence-corrected chi connectivity index (χ1v) is 4.72. The van der Waals surface area contributed by atoms with Gasteiger partial charge in [-0.1, -0.05) is 12.1 Å². The molecule has 0 spiro atoms. The molecule has 2 rings (SSSR count). The molecule has 1 aliphatic rings. The molecular weight excluding hydrogens is 197 g/mol. The minimum absolute atomic E-state index is 0.299. The average Bonchev–Trinajstić information content (AvgIpc) is 2.68. The van der Waals surface area contributed by atoms with Gasteiger partial charge in [0.05, 0.1) is 0 Å². The van der Waals surface area contributed by atoms with Crippen LogP contribution in [0.25, 0.3) is 0 Å². The van der Waals surface area contributed by atoms with Crippen LogP contribution in [0.1, 0.15) is 18.4 Å². The molecule has 4 heteroatoms. The van der Waals surface area contributed by atoms with Gasteiger partial charge in [-0.05, 0) is 30.5 Å². The van der Waals surface area contributed by atoms with Crippen LogP contribution in [0.15, 0.2) is 29.3 Å². The number of aliphatic imine (C=N–C) groups is 1. The number of hydrogen-bond acceptors (Lipinski definition) is 2. The predicted octanol–water partition coefficient (Wildman–Crippen LogP) is 1.86. The molecule has 0 aliphatic carbocycles. The lowest BCUT2D eigenvalue weighted by atomic mass is 10.1. The smallest absolute Gasteiger partial charge is 0.328 e. The Hall–Kier alpha value is -1.71. The maximum Gasteiger partial charge on any atom is 0.328 e. The Morgan fingerprint density at radius 2 is 2.07 bits per heavy atom. The fourth-order valence-electron chi connectivity index (χ4n) is 1.63. The summed E-state index contributed by atoms with van der Waals surface area (Å²) >= 11 is 0. The summed E-state index contributed by atoms with van der Waals surface area (Å²) in [5.41, 5.74) is 1.56. The molecule has 1 unspecified atom stereocenters. The van der Waals surface area contributed by atoms with Crippen LogP contribution < -0.4 is 0 Å². The van der Waals surface area contributed by atoms with Gasteiger partial charge in [0.1, 0.15) is 11.9 Å². The van der Waals surface area contributed by atoms with Crippen molar-refractivity contribution in [2.45, 2.75) is 18.9 Å². The summed E-state index contributed by atoms with van der Waals surface area (Å²) in [6.45, 7) is 0. The zero-order valence-electron chi connectivity index (χ0n) is 7.98. The second-order valence-electron chi connectivity index (χ2n) is 3.48. The summed E-state index contributed by atoms with van der Waals surface area (Å²) in [5.74, 6) is -1.20. The van der Waals surface area contributed by atoms with Crippen LogP contribution in [0.3, 0.4) is 0 Å². The van der Waals surface area contributed by atoms with Crippen molar-refractivity contribution in [1.82, 2.24) is 0 Å². The minimum Gasteiger partial charge on any atom is -0.480 e. The fraction of sp³-hybridized carbons (Fsp3) is 0.273. The van der Waals surface area contributed by atoms with Gasteiger partial charge in [-0.2, -0.15) is 0 Å². The average molecular weight is 207 g/mol. The summed E-state index contributed by atoms with van der Waals surface area (Å²) in [5, 5.41) is 8.75. The highest BCUT2D eigenvalue weighted by Crippen LogP contribution is 2.18. The quantitative estimate of drug-likeness (QED) is 0.804. The van der Waals surface area contributed by atoms with Gasteiger partial charge in [-0.25, -0.2) is 9.18 Å². The van der Waals surface area contributed by atoms with Gasteiger partial charge in [0.15, 0.2) is 0 Å². The Morgan fingerprint density at radius 1 is 1.40 bits per heavy atom. The molecular formula is C11H10FNO2. The minimum atomic E-state index is -0.896. The van der Waals surface area contributed by atoms with E-state index in [1.165, 1.54) is 12.1 Å². The molecule has 0 amide bonds. The third-order valence-corrected chi connectivity index (χ3v) is 2.43. The lowest BCUT2D eigenvalue weighted by Crippen LogP contribution is -2.13. The van der Waals surface area contributed by atoms with Crippen LogP contribution in [-0.2, 0) is 4.79 Å². The SMILES string of the molecule is O=C(O)C1CCC(c2ccc(F)cc2)=N1. The van der Waals surface area contributed by atoms with Crippen molar-refractivity contribution >= 4 is 11.7 Å². The summed E-state index contributed by atoms with van der Waals surface area (Å²) in [6.07, 6.45) is 1.17. The normalized spacial score (nSPS) is 20.1. The van der Waals surface area contributed by atoms with Crippen LogP contribution in [0.4, 0.5) is 4.39 Å². The van der Waals surface area contributed by atoms with Crippen molar-refractivity contribution in [2.75, 3.05) is 0 Å². The molecule has 0 aromatic heterocycles. The topological polar surface area (TPSA) is 49.7 Å². The Balaban J connectivity index is 2.22. The van der Waals surface area contributed by atoms with Gasteiger partial charge in [0, 0.05) is 5.71 Å². The highest BCUT2D eigenvalue weighted by molar-refractivity contribution is 6.03. The monoisotopic (exact) mass is 207 g/mol. The summed E-state index contributed by atoms with van der Waals surface area (Å²) in [7, 11) is 0. The summed E-state index contributed by atoms with van der Waals surface area (Å²) < 4.78 is 12.6. The van der Waals surface area contributed by atoms with Crippen molar-refractivity contribution in [1.29, 1.82) is 0 Å². The predicted molar refractivity (Wildman–Crippen MR) is 53.6 cm³/mol.